The van der Waals surface area contributed by atoms with Crippen LogP contribution in [-0.2, 0) is 209 Å². The Labute approximate surface area is 504 Å². The molecule has 0 aliphatic heterocycles. The van der Waals surface area contributed by atoms with Gasteiger partial charge in [0.1, 0.15) is 0 Å². The number of hydrogen-bond acceptors (Lipinski definition) is 5. The Bertz CT molecular complexity index is 4390. The fourth-order valence-electron chi connectivity index (χ4n) is 7.29. The topological polar surface area (TPSA) is 49.6 Å². The van der Waals surface area contributed by atoms with Crippen molar-refractivity contribution in [1.82, 2.24) is 9.97 Å². The largest absolute Gasteiger partial charge is 0.248 e. The molecule has 9 aromatic rings. The van der Waals surface area contributed by atoms with E-state index in [0.29, 0.717) is 5.56 Å². The van der Waals surface area contributed by atoms with Crippen LogP contribution in [0.2, 0.25) is 0 Å². The normalized spacial score (nSPS) is 9.96. The molecule has 2 heterocycles. The molecular formula is C49H31N3S23. The van der Waals surface area contributed by atoms with Crippen LogP contribution >= 0.6 is 0 Å². The van der Waals surface area contributed by atoms with Gasteiger partial charge in [0.15, 0.2) is 0 Å². The third kappa shape index (κ3) is 18.5. The summed E-state index contributed by atoms with van der Waals surface area (Å²) < 4.78 is 0. The van der Waals surface area contributed by atoms with E-state index in [0.717, 1.165) is 88.8 Å². The second-order valence-corrected chi connectivity index (χ2v) is 51.5. The van der Waals surface area contributed by atoms with Crippen molar-refractivity contribution >= 4 is 231 Å². The molecule has 0 atom stereocenters. The van der Waals surface area contributed by atoms with Gasteiger partial charge < -0.3 is 0 Å². The number of para-hydroxylation sites is 2. The highest BCUT2D eigenvalue weighted by atomic mass is 33.5. The maximum absolute atomic E-state index is 10.2. The Morgan fingerprint density at radius 2 is 0.587 bits per heavy atom. The third-order valence-corrected chi connectivity index (χ3v) is 54.7. The van der Waals surface area contributed by atoms with Gasteiger partial charge in [-0.25, -0.2) is 9.97 Å². The lowest BCUT2D eigenvalue weighted by molar-refractivity contribution is 1.40. The number of fused-ring (bicyclic) bond motifs is 2. The number of nitriles is 1. The predicted octanol–water partition coefficient (Wildman–Crippen LogP) is 12.6. The zero-order valence-corrected chi connectivity index (χ0v) is 56.4. The van der Waals surface area contributed by atoms with Gasteiger partial charge >= 0.3 is 0 Å². The van der Waals surface area contributed by atoms with Gasteiger partial charge in [0.05, 0.1) is 34.1 Å². The number of hydrogen-bond donors (Lipinski definition) is 0. The Morgan fingerprint density at radius 1 is 0.293 bits per heavy atom. The third-order valence-electron chi connectivity index (χ3n) is 10.3. The Kier molecular flexibility index (Phi) is 26.4. The molecule has 26 heteroatoms. The minimum atomic E-state index is 0.618. The number of rotatable bonds is 6. The molecular weight excluding hydrogens is 1370 g/mol. The first-order valence-electron chi connectivity index (χ1n) is 21.0. The lowest BCUT2D eigenvalue weighted by Crippen LogP contribution is -1.91. The number of pyridine rings is 2. The molecule has 380 valence electrons. The maximum atomic E-state index is 10.2. The Hall–Kier alpha value is -2.09. The highest BCUT2D eigenvalue weighted by Gasteiger charge is 2.14. The molecule has 9 rings (SSSR count). The van der Waals surface area contributed by atoms with Crippen LogP contribution in [0, 0.1) is 11.3 Å². The molecule has 0 aliphatic carbocycles. The SMILES string of the molecule is N#Cc1cc(-c2ccccc2-c2ccc(-c3ccc4ccccc4n3)cc2)cc(-c2ccccc2-c2ccc(-c3ccc4ccccc4n3)cc2)c1.S=S=S=S=S=S=S=S=S=S=S=S=S=S=S=S=S=S=S=S=S=S=S. The van der Waals surface area contributed by atoms with Crippen LogP contribution in [0.25, 0.3) is 88.8 Å². The van der Waals surface area contributed by atoms with Gasteiger partial charge in [-0.15, -0.1) is 0 Å². The summed E-state index contributed by atoms with van der Waals surface area (Å²) in [5.74, 6) is 0. The molecule has 0 saturated carbocycles. The van der Waals surface area contributed by atoms with Crippen molar-refractivity contribution in [3.63, 3.8) is 0 Å². The van der Waals surface area contributed by atoms with Crippen molar-refractivity contribution in [2.75, 3.05) is 0 Å². The van der Waals surface area contributed by atoms with Crippen LogP contribution < -0.4 is 0 Å². The van der Waals surface area contributed by atoms with E-state index >= 15 is 0 Å². The van der Waals surface area contributed by atoms with Gasteiger partial charge in [-0.3, -0.25) is 0 Å². The van der Waals surface area contributed by atoms with E-state index in [1.807, 2.05) is 75.2 Å². The lowest BCUT2D eigenvalue weighted by atomic mass is 9.88. The predicted molar refractivity (Wildman–Crippen MR) is 384 cm³/mol. The quantitative estimate of drug-likeness (QED) is 0.166. The van der Waals surface area contributed by atoms with Crippen LogP contribution in [0.5, 0.6) is 0 Å². The summed E-state index contributed by atoms with van der Waals surface area (Å²) in [4.78, 5) is 9.79. The van der Waals surface area contributed by atoms with Gasteiger partial charge in [0.2, 0.25) is 0 Å². The van der Waals surface area contributed by atoms with E-state index in [1.165, 1.54) is 17.8 Å². The Morgan fingerprint density at radius 3 is 0.920 bits per heavy atom. The second kappa shape index (κ2) is 33.5. The molecule has 0 saturated heterocycles. The molecule has 0 N–H and O–H groups in total. The fraction of sp³-hybridized carbons (Fsp3) is 0. The molecule has 0 bridgehead atoms. The van der Waals surface area contributed by atoms with E-state index in [1.54, 1.807) is 142 Å². The van der Waals surface area contributed by atoms with E-state index in [4.69, 9.17) is 32.3 Å². The van der Waals surface area contributed by atoms with Crippen molar-refractivity contribution < 1.29 is 0 Å². The summed E-state index contributed by atoms with van der Waals surface area (Å²) in [7, 11) is 36.3. The summed E-state index contributed by atoms with van der Waals surface area (Å²) in [5, 5.41) is 12.5. The van der Waals surface area contributed by atoms with Crippen molar-refractivity contribution in [3.8, 4) is 73.1 Å². The van der Waals surface area contributed by atoms with Crippen molar-refractivity contribution in [2.24, 2.45) is 0 Å². The summed E-state index contributed by atoms with van der Waals surface area (Å²) in [6, 6.07) is 67.4. The first kappa shape index (κ1) is 59.0. The molecule has 0 amide bonds. The van der Waals surface area contributed by atoms with Gasteiger partial charge in [-0.1, -0.05) is 146 Å². The van der Waals surface area contributed by atoms with E-state index < -0.39 is 0 Å². The fourth-order valence-corrected chi connectivity index (χ4v) is 59.4. The molecule has 2 aromatic heterocycles. The van der Waals surface area contributed by atoms with Gasteiger partial charge in [0, 0.05) is 231 Å². The molecule has 7 aromatic carbocycles. The zero-order valence-electron chi connectivity index (χ0n) is 37.6. The average molecular weight is 1400 g/mol. The monoisotopic (exact) mass is 1400 g/mol. The molecule has 75 heavy (non-hydrogen) atoms. The minimum absolute atomic E-state index is 0.618. The van der Waals surface area contributed by atoms with Gasteiger partial charge in [0.25, 0.3) is 0 Å². The molecule has 0 unspecified atom stereocenters. The number of benzene rings is 7. The first-order chi connectivity index (χ1) is 37.1. The highest BCUT2D eigenvalue weighted by molar-refractivity contribution is 8.78. The van der Waals surface area contributed by atoms with Crippen molar-refractivity contribution in [2.45, 2.75) is 0 Å². The maximum Gasteiger partial charge on any atom is 0.0992 e. The lowest BCUT2D eigenvalue weighted by Gasteiger charge is -2.15. The van der Waals surface area contributed by atoms with Gasteiger partial charge in [-0.05, 0) is 87.0 Å². The van der Waals surface area contributed by atoms with Crippen LogP contribution in [0.4, 0.5) is 0 Å². The minimum Gasteiger partial charge on any atom is -0.248 e. The number of aromatic nitrogens is 2. The van der Waals surface area contributed by atoms with Crippen LogP contribution in [0.15, 0.2) is 188 Å². The van der Waals surface area contributed by atoms with Gasteiger partial charge in [-0.2, -0.15) is 5.26 Å². The van der Waals surface area contributed by atoms with E-state index in [-0.39, 0.29) is 0 Å². The van der Waals surface area contributed by atoms with E-state index in [2.05, 4.69) is 146 Å². The summed E-state index contributed by atoms with van der Waals surface area (Å²) in [6.45, 7) is 0. The summed E-state index contributed by atoms with van der Waals surface area (Å²) in [6.07, 6.45) is 0. The second-order valence-electron chi connectivity index (χ2n) is 14.4. The summed E-state index contributed by atoms with van der Waals surface area (Å²) >= 11 is 9.54. The Balaban J connectivity index is 0.000000276. The first-order valence-corrected chi connectivity index (χ1v) is 50.4. The number of nitrogens with zero attached hydrogens (tertiary/aromatic N) is 3. The van der Waals surface area contributed by atoms with Crippen LogP contribution in [-0.4, -0.2) is 9.97 Å². The molecule has 0 fully saturated rings. The van der Waals surface area contributed by atoms with E-state index in [9.17, 15) is 5.26 Å². The van der Waals surface area contributed by atoms with Crippen LogP contribution in [0.1, 0.15) is 5.56 Å². The van der Waals surface area contributed by atoms with Crippen molar-refractivity contribution in [3.05, 3.63) is 194 Å². The standard InChI is InChI=1S/C49H31N3.S23/c50-32-33-29-40(44-13-5-3-11-42(44)34-17-21-38(22-18-34)48-27-25-36-9-1-7-15-46(36)51-48)31-41(30-33)45-14-6-4-12-43(45)35-19-23-39(24-20-35)49-28-26-37-10-2-8-16-47(37)52-49;1-3-5-7-9-11-13-15-17-19-21-23-22-20-18-16-14-12-10-8-6-4-2/h1-31H;. The molecule has 0 radical (unpaired) electrons. The summed E-state index contributed by atoms with van der Waals surface area (Å²) in [5.41, 5.74) is 15.2. The average Bonchev–Trinajstić information content (AvgIpc) is 3.47. The molecule has 0 aliphatic rings. The zero-order chi connectivity index (χ0) is 51.7. The smallest absolute Gasteiger partial charge is 0.0992 e. The molecule has 0 spiro atoms. The molecule has 3 nitrogen and oxygen atoms in total. The van der Waals surface area contributed by atoms with Crippen molar-refractivity contribution in [1.29, 1.82) is 5.26 Å². The highest BCUT2D eigenvalue weighted by Crippen LogP contribution is 2.39. The van der Waals surface area contributed by atoms with Crippen LogP contribution in [0.3, 0.4) is 0 Å².